The second kappa shape index (κ2) is 7.67. The Morgan fingerprint density at radius 2 is 2.00 bits per heavy atom. The molecule has 6 nitrogen and oxygen atoms in total. The standard InChI is InChI=1S/C15H18F3N3O3S2/c16-15(17,18)13-10-11(20-24-13)12-4-5-14(25-12)26(22,23)19-6-3-9-21-7-1-2-8-21/h4-5,10,19H,1-3,6-9H2. The van der Waals surface area contributed by atoms with Crippen molar-refractivity contribution >= 4 is 21.4 Å². The van der Waals surface area contributed by atoms with Crippen molar-refractivity contribution in [1.29, 1.82) is 0 Å². The summed E-state index contributed by atoms with van der Waals surface area (Å²) in [4.78, 5) is 2.59. The number of rotatable bonds is 7. The van der Waals surface area contributed by atoms with E-state index in [2.05, 4.69) is 19.3 Å². The van der Waals surface area contributed by atoms with E-state index in [1.165, 1.54) is 25.0 Å². The van der Waals surface area contributed by atoms with Crippen LogP contribution in [0.2, 0.25) is 0 Å². The van der Waals surface area contributed by atoms with Crippen LogP contribution in [0, 0.1) is 0 Å². The van der Waals surface area contributed by atoms with Gasteiger partial charge in [-0.1, -0.05) is 5.16 Å². The van der Waals surface area contributed by atoms with Crippen LogP contribution in [-0.4, -0.2) is 44.7 Å². The number of hydrogen-bond acceptors (Lipinski definition) is 6. The predicted octanol–water partition coefficient (Wildman–Crippen LogP) is 3.19. The third-order valence-electron chi connectivity index (χ3n) is 4.03. The van der Waals surface area contributed by atoms with Gasteiger partial charge < -0.3 is 9.42 Å². The molecule has 2 aromatic heterocycles. The molecule has 26 heavy (non-hydrogen) atoms. The zero-order chi connectivity index (χ0) is 18.8. The second-order valence-electron chi connectivity index (χ2n) is 5.99. The van der Waals surface area contributed by atoms with E-state index in [1.54, 1.807) is 0 Å². The third kappa shape index (κ3) is 4.64. The van der Waals surface area contributed by atoms with Crippen LogP contribution < -0.4 is 4.72 Å². The van der Waals surface area contributed by atoms with Gasteiger partial charge >= 0.3 is 6.18 Å². The van der Waals surface area contributed by atoms with E-state index in [0.29, 0.717) is 17.8 Å². The highest BCUT2D eigenvalue weighted by molar-refractivity contribution is 7.91. The van der Waals surface area contributed by atoms with Crippen molar-refractivity contribution in [1.82, 2.24) is 14.8 Å². The molecule has 1 aliphatic heterocycles. The van der Waals surface area contributed by atoms with Crippen molar-refractivity contribution in [3.8, 4) is 10.6 Å². The topological polar surface area (TPSA) is 75.4 Å². The Balaban J connectivity index is 1.59. The fourth-order valence-corrected chi connectivity index (χ4v) is 5.09. The summed E-state index contributed by atoms with van der Waals surface area (Å²) in [6.45, 7) is 3.27. The molecule has 11 heteroatoms. The number of sulfonamides is 1. The molecule has 0 bridgehead atoms. The van der Waals surface area contributed by atoms with E-state index in [-0.39, 0.29) is 9.90 Å². The smallest absolute Gasteiger partial charge is 0.351 e. The van der Waals surface area contributed by atoms with E-state index in [0.717, 1.165) is 37.0 Å². The maximum Gasteiger partial charge on any atom is 0.452 e. The van der Waals surface area contributed by atoms with Gasteiger partial charge in [-0.05, 0) is 51.0 Å². The van der Waals surface area contributed by atoms with Gasteiger partial charge in [-0.2, -0.15) is 13.2 Å². The van der Waals surface area contributed by atoms with Crippen LogP contribution in [0.3, 0.4) is 0 Å². The molecule has 3 heterocycles. The van der Waals surface area contributed by atoms with Crippen molar-refractivity contribution in [3.05, 3.63) is 24.0 Å². The summed E-state index contributed by atoms with van der Waals surface area (Å²) in [5.41, 5.74) is -0.0437. The van der Waals surface area contributed by atoms with Gasteiger partial charge in [-0.15, -0.1) is 11.3 Å². The lowest BCUT2D eigenvalue weighted by Crippen LogP contribution is -2.28. The average Bonchev–Trinajstić information content (AvgIpc) is 3.31. The first-order valence-corrected chi connectivity index (χ1v) is 10.4. The fraction of sp³-hybridized carbons (Fsp3) is 0.533. The molecule has 0 saturated carbocycles. The van der Waals surface area contributed by atoms with Gasteiger partial charge in [0, 0.05) is 12.6 Å². The summed E-state index contributed by atoms with van der Waals surface area (Å²) in [6.07, 6.45) is -1.56. The first-order chi connectivity index (χ1) is 12.3. The summed E-state index contributed by atoms with van der Waals surface area (Å²) in [5, 5.41) is 3.36. The molecule has 1 fully saturated rings. The monoisotopic (exact) mass is 409 g/mol. The molecular weight excluding hydrogens is 391 g/mol. The molecule has 0 aromatic carbocycles. The molecule has 144 valence electrons. The Hall–Kier alpha value is -1.43. The van der Waals surface area contributed by atoms with Gasteiger partial charge in [0.05, 0.1) is 4.88 Å². The van der Waals surface area contributed by atoms with Crippen molar-refractivity contribution in [2.75, 3.05) is 26.2 Å². The summed E-state index contributed by atoms with van der Waals surface area (Å²) in [6, 6.07) is 3.53. The molecule has 0 amide bonds. The molecule has 0 spiro atoms. The lowest BCUT2D eigenvalue weighted by atomic mass is 10.3. The number of nitrogens with one attached hydrogen (secondary N) is 1. The Kier molecular flexibility index (Phi) is 5.70. The van der Waals surface area contributed by atoms with Crippen LogP contribution in [0.5, 0.6) is 0 Å². The molecule has 2 aromatic rings. The number of nitrogens with zero attached hydrogens (tertiary/aromatic N) is 2. The van der Waals surface area contributed by atoms with E-state index >= 15 is 0 Å². The van der Waals surface area contributed by atoms with Crippen LogP contribution in [0.15, 0.2) is 26.9 Å². The Bertz CT molecular complexity index is 840. The fourth-order valence-electron chi connectivity index (χ4n) is 2.71. The minimum absolute atomic E-state index is 0.0326. The highest BCUT2D eigenvalue weighted by Crippen LogP contribution is 2.35. The Labute approximate surface area is 153 Å². The van der Waals surface area contributed by atoms with Gasteiger partial charge in [0.2, 0.25) is 15.8 Å². The van der Waals surface area contributed by atoms with Crippen LogP contribution in [-0.2, 0) is 16.2 Å². The highest BCUT2D eigenvalue weighted by Gasteiger charge is 2.36. The first kappa shape index (κ1) is 19.3. The van der Waals surface area contributed by atoms with Gasteiger partial charge in [0.15, 0.2) is 0 Å². The summed E-state index contributed by atoms with van der Waals surface area (Å²) < 4.78 is 69.1. The maximum absolute atomic E-state index is 12.6. The molecule has 1 saturated heterocycles. The van der Waals surface area contributed by atoms with Gasteiger partial charge in [0.25, 0.3) is 0 Å². The van der Waals surface area contributed by atoms with E-state index in [4.69, 9.17) is 0 Å². The summed E-state index contributed by atoms with van der Waals surface area (Å²) in [7, 11) is -3.70. The number of hydrogen-bond donors (Lipinski definition) is 1. The van der Waals surface area contributed by atoms with Gasteiger partial charge in [-0.3, -0.25) is 0 Å². The van der Waals surface area contributed by atoms with Crippen LogP contribution in [0.25, 0.3) is 10.6 Å². The SMILES string of the molecule is O=S(=O)(NCCCN1CCCC1)c1ccc(-c2cc(C(F)(F)F)on2)s1. The number of halogens is 3. The zero-order valence-electron chi connectivity index (χ0n) is 13.8. The quantitative estimate of drug-likeness (QED) is 0.711. The molecule has 0 atom stereocenters. The third-order valence-corrected chi connectivity index (χ3v) is 7.09. The van der Waals surface area contributed by atoms with Gasteiger partial charge in [-0.25, -0.2) is 13.1 Å². The molecule has 1 aliphatic rings. The van der Waals surface area contributed by atoms with Crippen LogP contribution >= 0.6 is 11.3 Å². The van der Waals surface area contributed by atoms with E-state index < -0.39 is 22.0 Å². The van der Waals surface area contributed by atoms with E-state index in [9.17, 15) is 21.6 Å². The Morgan fingerprint density at radius 3 is 2.65 bits per heavy atom. The summed E-state index contributed by atoms with van der Waals surface area (Å²) in [5.74, 6) is -1.22. The number of likely N-dealkylation sites (tertiary alicyclic amines) is 1. The average molecular weight is 409 g/mol. The van der Waals surface area contributed by atoms with Crippen LogP contribution in [0.1, 0.15) is 25.0 Å². The lowest BCUT2D eigenvalue weighted by molar-refractivity contribution is -0.155. The number of aromatic nitrogens is 1. The predicted molar refractivity (Wildman–Crippen MR) is 90.3 cm³/mol. The van der Waals surface area contributed by atoms with Crippen molar-refractivity contribution in [2.24, 2.45) is 0 Å². The molecule has 0 radical (unpaired) electrons. The van der Waals surface area contributed by atoms with Crippen molar-refractivity contribution in [2.45, 2.75) is 29.6 Å². The van der Waals surface area contributed by atoms with Crippen molar-refractivity contribution in [3.63, 3.8) is 0 Å². The lowest BCUT2D eigenvalue weighted by Gasteiger charge is -2.14. The second-order valence-corrected chi connectivity index (χ2v) is 9.07. The molecule has 3 rings (SSSR count). The summed E-state index contributed by atoms with van der Waals surface area (Å²) >= 11 is 0.850. The first-order valence-electron chi connectivity index (χ1n) is 8.12. The molecule has 1 N–H and O–H groups in total. The molecular formula is C15H18F3N3O3S2. The minimum Gasteiger partial charge on any atom is -0.351 e. The normalized spacial score (nSPS) is 16.4. The number of thiophene rings is 1. The highest BCUT2D eigenvalue weighted by atomic mass is 32.2. The molecule has 0 unspecified atom stereocenters. The molecule has 0 aliphatic carbocycles. The maximum atomic E-state index is 12.6. The van der Waals surface area contributed by atoms with Crippen LogP contribution in [0.4, 0.5) is 13.2 Å². The van der Waals surface area contributed by atoms with Gasteiger partial charge in [0.1, 0.15) is 9.90 Å². The minimum atomic E-state index is -4.63. The Morgan fingerprint density at radius 1 is 1.27 bits per heavy atom. The zero-order valence-corrected chi connectivity index (χ0v) is 15.4. The van der Waals surface area contributed by atoms with Crippen molar-refractivity contribution < 1.29 is 26.1 Å². The van der Waals surface area contributed by atoms with E-state index in [1.807, 2.05) is 0 Å². The number of alkyl halides is 3. The largest absolute Gasteiger partial charge is 0.452 e.